The van der Waals surface area contributed by atoms with Crippen LogP contribution in [-0.4, -0.2) is 23.5 Å². The average Bonchev–Trinajstić information content (AvgIpc) is 2.17. The van der Waals surface area contributed by atoms with Gasteiger partial charge in [-0.05, 0) is 0 Å². The van der Waals surface area contributed by atoms with Gasteiger partial charge in [-0.15, -0.1) is 0 Å². The molecule has 1 aromatic carbocycles. The summed E-state index contributed by atoms with van der Waals surface area (Å²) in [6, 6.07) is 8.61. The van der Waals surface area contributed by atoms with Crippen LogP contribution in [-0.2, 0) is 0 Å². The summed E-state index contributed by atoms with van der Waals surface area (Å²) in [7, 11) is 0. The van der Waals surface area contributed by atoms with Crippen molar-refractivity contribution in [1.29, 1.82) is 0 Å². The third-order valence-electron chi connectivity index (χ3n) is 1.58. The minimum Gasteiger partial charge on any atom is -0.384 e. The molecular weight excluding hydrogens is 154 g/mol. The van der Waals surface area contributed by atoms with Crippen LogP contribution in [0.3, 0.4) is 0 Å². The summed E-state index contributed by atoms with van der Waals surface area (Å²) in [4.78, 5) is 11.2. The number of nitrogens with two attached hydrogens (primary N) is 1. The van der Waals surface area contributed by atoms with E-state index in [0.29, 0.717) is 5.56 Å². The second-order valence-corrected chi connectivity index (χ2v) is 2.48. The Balaban J connectivity index is 2.79. The molecule has 3 heteroatoms. The Morgan fingerprint density at radius 3 is 2.50 bits per heavy atom. The van der Waals surface area contributed by atoms with Gasteiger partial charge < -0.3 is 10.8 Å². The Bertz CT molecular complexity index is 258. The summed E-state index contributed by atoms with van der Waals surface area (Å²) in [5.74, 6) is -0.321. The van der Waals surface area contributed by atoms with Gasteiger partial charge in [0.1, 0.15) is 6.10 Å². The van der Waals surface area contributed by atoms with Gasteiger partial charge in [0.15, 0.2) is 5.78 Å². The number of benzene rings is 1. The molecule has 0 aliphatic carbocycles. The third kappa shape index (κ3) is 1.90. The van der Waals surface area contributed by atoms with Crippen LogP contribution in [0, 0.1) is 0 Å². The summed E-state index contributed by atoms with van der Waals surface area (Å²) < 4.78 is 0. The lowest BCUT2D eigenvalue weighted by atomic mass is 10.1. The normalized spacial score (nSPS) is 12.5. The highest BCUT2D eigenvalue weighted by Gasteiger charge is 2.13. The first-order valence-corrected chi connectivity index (χ1v) is 3.73. The predicted octanol–water partition coefficient (Wildman–Crippen LogP) is 0.189. The number of rotatable bonds is 3. The van der Waals surface area contributed by atoms with E-state index in [-0.39, 0.29) is 12.3 Å². The minimum atomic E-state index is -1.08. The van der Waals surface area contributed by atoms with Crippen LogP contribution < -0.4 is 5.73 Å². The summed E-state index contributed by atoms with van der Waals surface area (Å²) in [5.41, 5.74) is 5.64. The van der Waals surface area contributed by atoms with Gasteiger partial charge >= 0.3 is 0 Å². The largest absolute Gasteiger partial charge is 0.384 e. The molecule has 1 rings (SSSR count). The molecule has 1 aromatic rings. The number of carbonyl (C=O) groups excluding carboxylic acids is 1. The number of aliphatic hydroxyl groups excluding tert-OH is 1. The van der Waals surface area contributed by atoms with Gasteiger partial charge in [-0.1, -0.05) is 30.3 Å². The molecule has 0 fully saturated rings. The highest BCUT2D eigenvalue weighted by molar-refractivity contribution is 5.99. The smallest absolute Gasteiger partial charge is 0.192 e. The third-order valence-corrected chi connectivity index (χ3v) is 1.58. The van der Waals surface area contributed by atoms with Crippen LogP contribution in [0.25, 0.3) is 0 Å². The van der Waals surface area contributed by atoms with E-state index in [2.05, 4.69) is 0 Å². The fraction of sp³-hybridized carbons (Fsp3) is 0.222. The molecule has 0 heterocycles. The van der Waals surface area contributed by atoms with E-state index in [1.54, 1.807) is 24.3 Å². The van der Waals surface area contributed by atoms with Crippen LogP contribution in [0.5, 0.6) is 0 Å². The zero-order chi connectivity index (χ0) is 8.97. The Morgan fingerprint density at radius 1 is 1.42 bits per heavy atom. The summed E-state index contributed by atoms with van der Waals surface area (Å²) in [6.07, 6.45) is -1.08. The van der Waals surface area contributed by atoms with E-state index in [0.717, 1.165) is 0 Å². The first-order chi connectivity index (χ1) is 5.75. The number of hydrogen-bond donors (Lipinski definition) is 2. The van der Waals surface area contributed by atoms with Crippen molar-refractivity contribution in [2.75, 3.05) is 6.54 Å². The van der Waals surface area contributed by atoms with Crippen molar-refractivity contribution in [2.24, 2.45) is 5.73 Å². The van der Waals surface area contributed by atoms with E-state index in [4.69, 9.17) is 10.8 Å². The molecule has 0 radical (unpaired) electrons. The standard InChI is InChI=1S/C9H11NO2/c10-6-8(11)9(12)7-4-2-1-3-5-7/h1-5,8,11H,6,10H2. The molecule has 0 spiro atoms. The van der Waals surface area contributed by atoms with Crippen LogP contribution in [0.1, 0.15) is 10.4 Å². The quantitative estimate of drug-likeness (QED) is 0.628. The van der Waals surface area contributed by atoms with Crippen LogP contribution in [0.4, 0.5) is 0 Å². The molecule has 3 nitrogen and oxygen atoms in total. The van der Waals surface area contributed by atoms with E-state index < -0.39 is 6.10 Å². The molecule has 1 unspecified atom stereocenters. The second kappa shape index (κ2) is 3.99. The van der Waals surface area contributed by atoms with Gasteiger partial charge in [-0.3, -0.25) is 4.79 Å². The van der Waals surface area contributed by atoms with Gasteiger partial charge in [-0.2, -0.15) is 0 Å². The molecule has 12 heavy (non-hydrogen) atoms. The molecule has 0 amide bonds. The highest BCUT2D eigenvalue weighted by Crippen LogP contribution is 2.02. The summed E-state index contributed by atoms with van der Waals surface area (Å²) in [6.45, 7) is -0.0340. The maximum Gasteiger partial charge on any atom is 0.192 e. The van der Waals surface area contributed by atoms with Crippen molar-refractivity contribution in [3.05, 3.63) is 35.9 Å². The highest BCUT2D eigenvalue weighted by atomic mass is 16.3. The number of aliphatic hydroxyl groups is 1. The molecule has 1 atom stereocenters. The molecule has 0 saturated heterocycles. The fourth-order valence-corrected chi connectivity index (χ4v) is 0.902. The molecule has 0 aromatic heterocycles. The number of Topliss-reactive ketones (excluding diaryl/α,β-unsaturated/α-hetero) is 1. The number of carbonyl (C=O) groups is 1. The van der Waals surface area contributed by atoms with Gasteiger partial charge in [0.25, 0.3) is 0 Å². The zero-order valence-corrected chi connectivity index (χ0v) is 6.60. The van der Waals surface area contributed by atoms with Crippen molar-refractivity contribution < 1.29 is 9.90 Å². The molecule has 3 N–H and O–H groups in total. The molecular formula is C9H11NO2. The lowest BCUT2D eigenvalue weighted by Crippen LogP contribution is -2.29. The topological polar surface area (TPSA) is 63.3 Å². The molecule has 0 aliphatic heterocycles. The lowest BCUT2D eigenvalue weighted by molar-refractivity contribution is 0.0763. The van der Waals surface area contributed by atoms with E-state index in [1.807, 2.05) is 6.07 Å². The predicted molar refractivity (Wildman–Crippen MR) is 45.8 cm³/mol. The zero-order valence-electron chi connectivity index (χ0n) is 6.60. The summed E-state index contributed by atoms with van der Waals surface area (Å²) in [5, 5.41) is 9.11. The summed E-state index contributed by atoms with van der Waals surface area (Å²) >= 11 is 0. The Hall–Kier alpha value is -1.19. The number of ketones is 1. The Kier molecular flexibility index (Phi) is 2.96. The first-order valence-electron chi connectivity index (χ1n) is 3.73. The van der Waals surface area contributed by atoms with Gasteiger partial charge in [0.2, 0.25) is 0 Å². The fourth-order valence-electron chi connectivity index (χ4n) is 0.902. The maximum absolute atomic E-state index is 11.2. The lowest BCUT2D eigenvalue weighted by Gasteiger charge is -2.05. The van der Waals surface area contributed by atoms with Crippen LogP contribution in [0.15, 0.2) is 30.3 Å². The first kappa shape index (κ1) is 8.90. The second-order valence-electron chi connectivity index (χ2n) is 2.48. The molecule has 0 saturated carbocycles. The molecule has 64 valence electrons. The van der Waals surface area contributed by atoms with Crippen molar-refractivity contribution in [3.8, 4) is 0 Å². The van der Waals surface area contributed by atoms with Gasteiger partial charge in [0.05, 0.1) is 0 Å². The maximum atomic E-state index is 11.2. The van der Waals surface area contributed by atoms with Gasteiger partial charge in [-0.25, -0.2) is 0 Å². The minimum absolute atomic E-state index is 0.0340. The van der Waals surface area contributed by atoms with Crippen molar-refractivity contribution in [1.82, 2.24) is 0 Å². The molecule has 0 bridgehead atoms. The Labute approximate surface area is 70.8 Å². The van der Waals surface area contributed by atoms with Crippen molar-refractivity contribution >= 4 is 5.78 Å². The van der Waals surface area contributed by atoms with Crippen molar-refractivity contribution in [3.63, 3.8) is 0 Å². The van der Waals surface area contributed by atoms with Crippen LogP contribution >= 0.6 is 0 Å². The van der Waals surface area contributed by atoms with Crippen LogP contribution in [0.2, 0.25) is 0 Å². The van der Waals surface area contributed by atoms with E-state index in [9.17, 15) is 4.79 Å². The van der Waals surface area contributed by atoms with E-state index >= 15 is 0 Å². The SMILES string of the molecule is NCC(O)C(=O)c1ccccc1. The Morgan fingerprint density at radius 2 is 2.00 bits per heavy atom. The number of hydrogen-bond acceptors (Lipinski definition) is 3. The average molecular weight is 165 g/mol. The van der Waals surface area contributed by atoms with Crippen molar-refractivity contribution in [2.45, 2.75) is 6.10 Å². The molecule has 0 aliphatic rings. The van der Waals surface area contributed by atoms with Gasteiger partial charge in [0, 0.05) is 12.1 Å². The monoisotopic (exact) mass is 165 g/mol. The van der Waals surface area contributed by atoms with E-state index in [1.165, 1.54) is 0 Å².